The molecule has 0 heterocycles. The van der Waals surface area contributed by atoms with Gasteiger partial charge in [-0.1, -0.05) is 44.2 Å². The Hall–Kier alpha value is -1.84. The number of carbonyl (C=O) groups excluding carboxylic acids is 2. The lowest BCUT2D eigenvalue weighted by Gasteiger charge is -2.30. The molecule has 1 N–H and O–H groups in total. The maximum Gasteiger partial charge on any atom is 0.242 e. The molecule has 104 valence electrons. The van der Waals surface area contributed by atoms with Gasteiger partial charge in [-0.2, -0.15) is 0 Å². The van der Waals surface area contributed by atoms with Gasteiger partial charge in [0.25, 0.3) is 0 Å². The topological polar surface area (TPSA) is 49.4 Å². The third kappa shape index (κ3) is 4.09. The van der Waals surface area contributed by atoms with E-state index in [1.54, 1.807) is 11.9 Å². The van der Waals surface area contributed by atoms with Crippen molar-refractivity contribution in [2.45, 2.75) is 39.3 Å². The smallest absolute Gasteiger partial charge is 0.242 e. The Kier molecular flexibility index (Phi) is 6.06. The summed E-state index contributed by atoms with van der Waals surface area (Å²) in [6.45, 7) is 4.21. The molecular formula is C15H22N2O2. The predicted molar refractivity (Wildman–Crippen MR) is 75.4 cm³/mol. The molecule has 0 spiro atoms. The zero-order valence-corrected chi connectivity index (χ0v) is 11.8. The number of benzene rings is 1. The van der Waals surface area contributed by atoms with Gasteiger partial charge in [0.05, 0.1) is 0 Å². The number of rotatable bonds is 6. The Morgan fingerprint density at radius 1 is 1.21 bits per heavy atom. The highest BCUT2D eigenvalue weighted by molar-refractivity contribution is 5.87. The summed E-state index contributed by atoms with van der Waals surface area (Å²) in [6.07, 6.45) is 1.01. The average Bonchev–Trinajstić information content (AvgIpc) is 2.46. The van der Waals surface area contributed by atoms with Crippen LogP contribution in [0.25, 0.3) is 0 Å². The lowest BCUT2D eigenvalue weighted by Crippen LogP contribution is -2.47. The van der Waals surface area contributed by atoms with E-state index >= 15 is 0 Å². The summed E-state index contributed by atoms with van der Waals surface area (Å²) in [6, 6.07) is 9.33. The van der Waals surface area contributed by atoms with Crippen LogP contribution >= 0.6 is 0 Å². The third-order valence-electron chi connectivity index (χ3n) is 3.13. The third-order valence-corrected chi connectivity index (χ3v) is 3.13. The molecule has 0 aliphatic heterocycles. The van der Waals surface area contributed by atoms with Crippen LogP contribution in [-0.2, 0) is 16.1 Å². The Balaban J connectivity index is 2.94. The molecular weight excluding hydrogens is 240 g/mol. The molecule has 0 unspecified atom stereocenters. The number of carbonyl (C=O) groups is 2. The van der Waals surface area contributed by atoms with E-state index in [9.17, 15) is 9.59 Å². The maximum atomic E-state index is 12.1. The Morgan fingerprint density at radius 2 is 1.84 bits per heavy atom. The molecule has 0 saturated carbocycles. The molecule has 0 fully saturated rings. The zero-order chi connectivity index (χ0) is 14.3. The van der Waals surface area contributed by atoms with Gasteiger partial charge in [-0.05, 0) is 12.0 Å². The second-order valence-corrected chi connectivity index (χ2v) is 4.40. The van der Waals surface area contributed by atoms with E-state index in [0.717, 1.165) is 5.56 Å². The summed E-state index contributed by atoms with van der Waals surface area (Å²) in [5, 5.41) is 2.63. The summed E-state index contributed by atoms with van der Waals surface area (Å²) in [5.74, 6) is -0.112. The molecule has 1 aromatic carbocycles. The Labute approximate surface area is 114 Å². The fourth-order valence-electron chi connectivity index (χ4n) is 2.07. The van der Waals surface area contributed by atoms with Crippen LogP contribution in [0.4, 0.5) is 0 Å². The van der Waals surface area contributed by atoms with Crippen molar-refractivity contribution in [1.82, 2.24) is 10.2 Å². The highest BCUT2D eigenvalue weighted by Crippen LogP contribution is 2.13. The van der Waals surface area contributed by atoms with E-state index in [-0.39, 0.29) is 11.8 Å². The fraction of sp³-hybridized carbons (Fsp3) is 0.467. The Morgan fingerprint density at radius 3 is 2.32 bits per heavy atom. The molecule has 0 aromatic heterocycles. The first kappa shape index (κ1) is 15.2. The highest BCUT2D eigenvalue weighted by atomic mass is 16.2. The number of nitrogens with zero attached hydrogens (tertiary/aromatic N) is 1. The SMILES string of the molecule is CCC(=O)N(Cc1ccccc1)[C@@H](CC)C(=O)NC. The molecule has 0 bridgehead atoms. The van der Waals surface area contributed by atoms with Crippen molar-refractivity contribution in [2.75, 3.05) is 7.05 Å². The van der Waals surface area contributed by atoms with Crippen LogP contribution < -0.4 is 5.32 Å². The van der Waals surface area contributed by atoms with E-state index < -0.39 is 6.04 Å². The van der Waals surface area contributed by atoms with E-state index in [1.807, 2.05) is 44.2 Å². The molecule has 0 saturated heterocycles. The van der Waals surface area contributed by atoms with E-state index in [1.165, 1.54) is 0 Å². The van der Waals surface area contributed by atoms with Gasteiger partial charge < -0.3 is 10.2 Å². The normalized spacial score (nSPS) is 11.7. The van der Waals surface area contributed by atoms with Crippen molar-refractivity contribution < 1.29 is 9.59 Å². The van der Waals surface area contributed by atoms with Crippen LogP contribution in [0.5, 0.6) is 0 Å². The zero-order valence-electron chi connectivity index (χ0n) is 11.8. The maximum absolute atomic E-state index is 12.1. The van der Waals surface area contributed by atoms with Crippen LogP contribution in [0.15, 0.2) is 30.3 Å². The second kappa shape index (κ2) is 7.56. The van der Waals surface area contributed by atoms with Crippen LogP contribution in [-0.4, -0.2) is 29.8 Å². The van der Waals surface area contributed by atoms with Gasteiger partial charge in [0, 0.05) is 20.0 Å². The molecule has 1 atom stereocenters. The van der Waals surface area contributed by atoms with Gasteiger partial charge in [0.1, 0.15) is 6.04 Å². The predicted octanol–water partition coefficient (Wildman–Crippen LogP) is 1.95. The molecule has 2 amide bonds. The number of nitrogens with one attached hydrogen (secondary N) is 1. The van der Waals surface area contributed by atoms with Gasteiger partial charge in [-0.25, -0.2) is 0 Å². The van der Waals surface area contributed by atoms with Crippen LogP contribution in [0.1, 0.15) is 32.3 Å². The highest BCUT2D eigenvalue weighted by Gasteiger charge is 2.26. The van der Waals surface area contributed by atoms with Crippen molar-refractivity contribution in [3.8, 4) is 0 Å². The molecule has 1 rings (SSSR count). The molecule has 0 aliphatic carbocycles. The molecule has 4 heteroatoms. The minimum absolute atomic E-state index is 0.000645. The second-order valence-electron chi connectivity index (χ2n) is 4.40. The molecule has 19 heavy (non-hydrogen) atoms. The monoisotopic (exact) mass is 262 g/mol. The van der Waals surface area contributed by atoms with Crippen molar-refractivity contribution in [2.24, 2.45) is 0 Å². The van der Waals surface area contributed by atoms with Crippen molar-refractivity contribution in [1.29, 1.82) is 0 Å². The standard InChI is InChI=1S/C15H22N2O2/c1-4-13(15(19)16-3)17(14(18)5-2)11-12-9-7-6-8-10-12/h6-10,13H,4-5,11H2,1-3H3,(H,16,19)/t13-/m0/s1. The number of likely N-dealkylation sites (N-methyl/N-ethyl adjacent to an activating group) is 1. The first-order valence-corrected chi connectivity index (χ1v) is 6.69. The molecule has 0 aliphatic rings. The minimum Gasteiger partial charge on any atom is -0.357 e. The average molecular weight is 262 g/mol. The lowest BCUT2D eigenvalue weighted by atomic mass is 10.1. The summed E-state index contributed by atoms with van der Waals surface area (Å²) in [7, 11) is 1.60. The van der Waals surface area contributed by atoms with Crippen LogP contribution in [0.3, 0.4) is 0 Å². The lowest BCUT2D eigenvalue weighted by molar-refractivity contribution is -0.141. The van der Waals surface area contributed by atoms with Gasteiger partial charge in [0.15, 0.2) is 0 Å². The van der Waals surface area contributed by atoms with Gasteiger partial charge in [-0.15, -0.1) is 0 Å². The Bertz CT molecular complexity index is 417. The molecule has 0 radical (unpaired) electrons. The van der Waals surface area contributed by atoms with E-state index in [2.05, 4.69) is 5.32 Å². The van der Waals surface area contributed by atoms with Crippen molar-refractivity contribution in [3.63, 3.8) is 0 Å². The van der Waals surface area contributed by atoms with Gasteiger partial charge >= 0.3 is 0 Å². The van der Waals surface area contributed by atoms with Crippen LogP contribution in [0, 0.1) is 0 Å². The summed E-state index contributed by atoms with van der Waals surface area (Å²) >= 11 is 0. The fourth-order valence-corrected chi connectivity index (χ4v) is 2.07. The molecule has 4 nitrogen and oxygen atoms in total. The summed E-state index contributed by atoms with van der Waals surface area (Å²) < 4.78 is 0. The first-order valence-electron chi connectivity index (χ1n) is 6.69. The van der Waals surface area contributed by atoms with Crippen molar-refractivity contribution >= 4 is 11.8 Å². The van der Waals surface area contributed by atoms with Crippen LogP contribution in [0.2, 0.25) is 0 Å². The molecule has 1 aromatic rings. The van der Waals surface area contributed by atoms with Gasteiger partial charge in [0.2, 0.25) is 11.8 Å². The van der Waals surface area contributed by atoms with E-state index in [0.29, 0.717) is 19.4 Å². The van der Waals surface area contributed by atoms with Crippen molar-refractivity contribution in [3.05, 3.63) is 35.9 Å². The number of hydrogen-bond donors (Lipinski definition) is 1. The summed E-state index contributed by atoms with van der Waals surface area (Å²) in [4.78, 5) is 25.6. The number of amides is 2. The van der Waals surface area contributed by atoms with Gasteiger partial charge in [-0.3, -0.25) is 9.59 Å². The number of hydrogen-bond acceptors (Lipinski definition) is 2. The largest absolute Gasteiger partial charge is 0.357 e. The quantitative estimate of drug-likeness (QED) is 0.852. The van der Waals surface area contributed by atoms with E-state index in [4.69, 9.17) is 0 Å². The first-order chi connectivity index (χ1) is 9.13. The summed E-state index contributed by atoms with van der Waals surface area (Å²) in [5.41, 5.74) is 1.03. The minimum atomic E-state index is -0.405.